The second kappa shape index (κ2) is 7.39. The summed E-state index contributed by atoms with van der Waals surface area (Å²) in [5.74, 6) is 1.10. The number of amides is 1. The van der Waals surface area contributed by atoms with E-state index in [1.807, 2.05) is 19.9 Å². The summed E-state index contributed by atoms with van der Waals surface area (Å²) in [4.78, 5) is 11.1. The maximum Gasteiger partial charge on any atom is 0.235 e. The topological polar surface area (TPSA) is 38.3 Å². The van der Waals surface area contributed by atoms with Crippen molar-refractivity contribution < 1.29 is 9.53 Å². The van der Waals surface area contributed by atoms with E-state index in [0.717, 1.165) is 11.3 Å². The van der Waals surface area contributed by atoms with Gasteiger partial charge in [0.1, 0.15) is 17.7 Å². The van der Waals surface area contributed by atoms with Gasteiger partial charge in [0.05, 0.1) is 6.54 Å². The third kappa shape index (κ3) is 5.11. The zero-order valence-electron chi connectivity index (χ0n) is 12.0. The number of halogens is 1. The van der Waals surface area contributed by atoms with Gasteiger partial charge in [0.25, 0.3) is 0 Å². The van der Waals surface area contributed by atoms with Crippen LogP contribution < -0.4 is 10.1 Å². The lowest BCUT2D eigenvalue weighted by atomic mass is 10.0. The van der Waals surface area contributed by atoms with Gasteiger partial charge in [0.15, 0.2) is 0 Å². The van der Waals surface area contributed by atoms with Crippen LogP contribution in [0, 0.1) is 6.92 Å². The number of benzene rings is 1. The largest absolute Gasteiger partial charge is 0.489 e. The standard InChI is InChI=1S/C15H22ClNO2/c1-10(2)13-6-5-11(3)7-14(13)19-12(4)9-17-15(18)8-16/h5-7,10,12H,8-9H2,1-4H3,(H,17,18). The highest BCUT2D eigenvalue weighted by atomic mass is 35.5. The van der Waals surface area contributed by atoms with Crippen LogP contribution in [0.4, 0.5) is 0 Å². The van der Waals surface area contributed by atoms with Gasteiger partial charge in [0.2, 0.25) is 5.91 Å². The Morgan fingerprint density at radius 3 is 2.63 bits per heavy atom. The number of hydrogen-bond acceptors (Lipinski definition) is 2. The lowest BCUT2D eigenvalue weighted by molar-refractivity contribution is -0.119. The lowest BCUT2D eigenvalue weighted by Crippen LogP contribution is -2.34. The van der Waals surface area contributed by atoms with Crippen LogP contribution in [0.25, 0.3) is 0 Å². The van der Waals surface area contributed by atoms with E-state index in [-0.39, 0.29) is 17.9 Å². The molecule has 0 bridgehead atoms. The molecule has 1 aromatic rings. The third-order valence-corrected chi connectivity index (χ3v) is 3.07. The van der Waals surface area contributed by atoms with Crippen molar-refractivity contribution in [2.24, 2.45) is 0 Å². The van der Waals surface area contributed by atoms with E-state index in [0.29, 0.717) is 12.5 Å². The molecule has 1 aromatic carbocycles. The SMILES string of the molecule is Cc1ccc(C(C)C)c(OC(C)CNC(=O)CCl)c1. The van der Waals surface area contributed by atoms with Crippen LogP contribution in [0.5, 0.6) is 5.75 Å². The number of rotatable bonds is 6. The average Bonchev–Trinajstić information content (AvgIpc) is 2.35. The minimum absolute atomic E-state index is 0.0194. The van der Waals surface area contributed by atoms with Crippen LogP contribution in [0.15, 0.2) is 18.2 Å². The fraction of sp³-hybridized carbons (Fsp3) is 0.533. The Kier molecular flexibility index (Phi) is 6.16. The number of hydrogen-bond donors (Lipinski definition) is 1. The second-order valence-corrected chi connectivity index (χ2v) is 5.33. The molecular weight excluding hydrogens is 262 g/mol. The Labute approximate surface area is 120 Å². The fourth-order valence-corrected chi connectivity index (χ4v) is 1.88. The van der Waals surface area contributed by atoms with E-state index in [1.54, 1.807) is 0 Å². The first-order valence-electron chi connectivity index (χ1n) is 6.54. The minimum atomic E-state index is -0.176. The molecular formula is C15H22ClNO2. The smallest absolute Gasteiger partial charge is 0.235 e. The Bertz CT molecular complexity index is 432. The van der Waals surface area contributed by atoms with Gasteiger partial charge in [-0.05, 0) is 37.0 Å². The zero-order valence-corrected chi connectivity index (χ0v) is 12.8. The van der Waals surface area contributed by atoms with Crippen molar-refractivity contribution >= 4 is 17.5 Å². The number of ether oxygens (including phenoxy) is 1. The monoisotopic (exact) mass is 283 g/mol. The Hall–Kier alpha value is -1.22. The molecule has 0 aliphatic carbocycles. The number of alkyl halides is 1. The molecule has 1 amide bonds. The van der Waals surface area contributed by atoms with Gasteiger partial charge in [-0.25, -0.2) is 0 Å². The summed E-state index contributed by atoms with van der Waals surface area (Å²) in [6.07, 6.45) is -0.0912. The summed E-state index contributed by atoms with van der Waals surface area (Å²) in [6, 6.07) is 6.22. The number of carbonyl (C=O) groups excluding carboxylic acids is 1. The summed E-state index contributed by atoms with van der Waals surface area (Å²) in [7, 11) is 0. The van der Waals surface area contributed by atoms with E-state index in [2.05, 4.69) is 31.3 Å². The summed E-state index contributed by atoms with van der Waals surface area (Å²) in [5.41, 5.74) is 2.34. The first-order chi connectivity index (χ1) is 8.93. The normalized spacial score (nSPS) is 12.3. The molecule has 0 fully saturated rings. The summed E-state index contributed by atoms with van der Waals surface area (Å²) in [5, 5.41) is 2.72. The van der Waals surface area contributed by atoms with Crippen molar-refractivity contribution in [3.63, 3.8) is 0 Å². The molecule has 0 spiro atoms. The van der Waals surface area contributed by atoms with Crippen molar-refractivity contribution in [1.29, 1.82) is 0 Å². The van der Waals surface area contributed by atoms with Crippen LogP contribution in [0.1, 0.15) is 37.8 Å². The molecule has 0 aromatic heterocycles. The van der Waals surface area contributed by atoms with E-state index >= 15 is 0 Å². The van der Waals surface area contributed by atoms with Crippen molar-refractivity contribution in [3.8, 4) is 5.75 Å². The van der Waals surface area contributed by atoms with Gasteiger partial charge in [-0.15, -0.1) is 11.6 Å². The number of nitrogens with one attached hydrogen (secondary N) is 1. The number of carbonyl (C=O) groups is 1. The van der Waals surface area contributed by atoms with E-state index in [4.69, 9.17) is 16.3 Å². The average molecular weight is 284 g/mol. The molecule has 0 aliphatic rings. The van der Waals surface area contributed by atoms with Gasteiger partial charge >= 0.3 is 0 Å². The first-order valence-corrected chi connectivity index (χ1v) is 7.07. The Morgan fingerprint density at radius 1 is 1.37 bits per heavy atom. The molecule has 1 rings (SSSR count). The Morgan fingerprint density at radius 2 is 2.05 bits per heavy atom. The molecule has 106 valence electrons. The predicted molar refractivity (Wildman–Crippen MR) is 79.1 cm³/mol. The summed E-state index contributed by atoms with van der Waals surface area (Å²) in [6.45, 7) is 8.70. The molecule has 0 heterocycles. The first kappa shape index (κ1) is 15.8. The van der Waals surface area contributed by atoms with Gasteiger partial charge in [-0.3, -0.25) is 4.79 Å². The summed E-state index contributed by atoms with van der Waals surface area (Å²) < 4.78 is 5.92. The third-order valence-electron chi connectivity index (χ3n) is 2.83. The van der Waals surface area contributed by atoms with Crippen molar-refractivity contribution in [3.05, 3.63) is 29.3 Å². The molecule has 3 nitrogen and oxygen atoms in total. The van der Waals surface area contributed by atoms with E-state index in [1.165, 1.54) is 5.56 Å². The Balaban J connectivity index is 2.69. The molecule has 1 unspecified atom stereocenters. The molecule has 0 radical (unpaired) electrons. The second-order valence-electron chi connectivity index (χ2n) is 5.06. The molecule has 1 N–H and O–H groups in total. The molecule has 0 aliphatic heterocycles. The minimum Gasteiger partial charge on any atom is -0.489 e. The van der Waals surface area contributed by atoms with Crippen LogP contribution in [-0.2, 0) is 4.79 Å². The fourth-order valence-electron chi connectivity index (χ4n) is 1.78. The van der Waals surface area contributed by atoms with Gasteiger partial charge in [-0.2, -0.15) is 0 Å². The maximum absolute atomic E-state index is 11.1. The maximum atomic E-state index is 11.1. The van der Waals surface area contributed by atoms with Gasteiger partial charge in [0, 0.05) is 0 Å². The molecule has 4 heteroatoms. The van der Waals surface area contributed by atoms with Crippen LogP contribution in [-0.4, -0.2) is 24.4 Å². The van der Waals surface area contributed by atoms with Crippen LogP contribution in [0.2, 0.25) is 0 Å². The van der Waals surface area contributed by atoms with E-state index < -0.39 is 0 Å². The van der Waals surface area contributed by atoms with Crippen LogP contribution in [0.3, 0.4) is 0 Å². The zero-order chi connectivity index (χ0) is 14.4. The molecule has 1 atom stereocenters. The van der Waals surface area contributed by atoms with Gasteiger partial charge in [-0.1, -0.05) is 26.0 Å². The highest BCUT2D eigenvalue weighted by Crippen LogP contribution is 2.28. The lowest BCUT2D eigenvalue weighted by Gasteiger charge is -2.20. The van der Waals surface area contributed by atoms with Crippen LogP contribution >= 0.6 is 11.6 Å². The highest BCUT2D eigenvalue weighted by Gasteiger charge is 2.12. The molecule has 19 heavy (non-hydrogen) atoms. The number of aryl methyl sites for hydroxylation is 1. The quantitative estimate of drug-likeness (QED) is 0.814. The summed E-state index contributed by atoms with van der Waals surface area (Å²) >= 11 is 5.43. The molecule has 0 saturated carbocycles. The van der Waals surface area contributed by atoms with Crippen molar-refractivity contribution in [2.45, 2.75) is 39.7 Å². The molecule has 0 saturated heterocycles. The van der Waals surface area contributed by atoms with Crippen molar-refractivity contribution in [2.75, 3.05) is 12.4 Å². The van der Waals surface area contributed by atoms with Crippen molar-refractivity contribution in [1.82, 2.24) is 5.32 Å². The highest BCUT2D eigenvalue weighted by molar-refractivity contribution is 6.27. The van der Waals surface area contributed by atoms with Gasteiger partial charge < -0.3 is 10.1 Å². The predicted octanol–water partition coefficient (Wildman–Crippen LogP) is 3.24. The van der Waals surface area contributed by atoms with E-state index in [9.17, 15) is 4.79 Å².